The summed E-state index contributed by atoms with van der Waals surface area (Å²) in [5.41, 5.74) is 6.60. The number of rotatable bonds is 4. The number of phenolic OH excluding ortho intramolecular Hbond substituents is 1. The van der Waals surface area contributed by atoms with Crippen LogP contribution in [0.15, 0.2) is 24.3 Å². The number of phenols is 1. The van der Waals surface area contributed by atoms with Crippen molar-refractivity contribution in [1.29, 1.82) is 0 Å². The van der Waals surface area contributed by atoms with Crippen LogP contribution in [0, 0.1) is 0 Å². The minimum Gasteiger partial charge on any atom is -0.508 e. The molecule has 1 aromatic carbocycles. The van der Waals surface area contributed by atoms with Gasteiger partial charge in [0, 0.05) is 18.7 Å². The number of carbonyl (C=O) groups is 1. The number of hydrogen-bond acceptors (Lipinski definition) is 3. The fraction of sp³-hybridized carbons (Fsp3) is 0.500. The van der Waals surface area contributed by atoms with Crippen LogP contribution < -0.4 is 5.73 Å². The zero-order valence-corrected chi connectivity index (χ0v) is 10.7. The molecule has 2 rings (SSSR count). The van der Waals surface area contributed by atoms with Gasteiger partial charge in [0.1, 0.15) is 5.75 Å². The van der Waals surface area contributed by atoms with Crippen LogP contribution in [0.4, 0.5) is 0 Å². The second kappa shape index (κ2) is 4.98. The predicted molar refractivity (Wildman–Crippen MR) is 70.2 cm³/mol. The molecule has 0 saturated carbocycles. The third-order valence-corrected chi connectivity index (χ3v) is 3.45. The highest BCUT2D eigenvalue weighted by atomic mass is 16.3. The number of carbonyl (C=O) groups excluding carboxylic acids is 1. The lowest BCUT2D eigenvalue weighted by Crippen LogP contribution is -2.68. The number of nitrogens with two attached hydrogens (primary N) is 1. The lowest BCUT2D eigenvalue weighted by atomic mass is 9.86. The van der Waals surface area contributed by atoms with Crippen molar-refractivity contribution in [2.75, 3.05) is 13.1 Å². The average Bonchev–Trinajstić information content (AvgIpc) is 2.29. The molecule has 1 aromatic rings. The highest BCUT2D eigenvalue weighted by Gasteiger charge is 2.40. The van der Waals surface area contributed by atoms with Gasteiger partial charge >= 0.3 is 0 Å². The van der Waals surface area contributed by atoms with E-state index in [2.05, 4.69) is 6.92 Å². The van der Waals surface area contributed by atoms with E-state index in [4.69, 9.17) is 5.73 Å². The number of nitrogens with zero attached hydrogens (tertiary/aromatic N) is 1. The van der Waals surface area contributed by atoms with E-state index in [9.17, 15) is 9.90 Å². The van der Waals surface area contributed by atoms with E-state index in [1.54, 1.807) is 23.1 Å². The van der Waals surface area contributed by atoms with Crippen molar-refractivity contribution < 1.29 is 9.90 Å². The molecule has 0 unspecified atom stereocenters. The van der Waals surface area contributed by atoms with Gasteiger partial charge in [-0.3, -0.25) is 4.79 Å². The Morgan fingerprint density at radius 3 is 2.72 bits per heavy atom. The highest BCUT2D eigenvalue weighted by Crippen LogP contribution is 2.25. The molecule has 1 fully saturated rings. The molecule has 1 aliphatic rings. The first-order valence-corrected chi connectivity index (χ1v) is 6.37. The van der Waals surface area contributed by atoms with Gasteiger partial charge in [-0.25, -0.2) is 0 Å². The first kappa shape index (κ1) is 12.9. The average molecular weight is 248 g/mol. The summed E-state index contributed by atoms with van der Waals surface area (Å²) in [6, 6.07) is 6.94. The predicted octanol–water partition coefficient (Wildman–Crippen LogP) is 1.27. The van der Waals surface area contributed by atoms with Crippen LogP contribution in [0.5, 0.6) is 5.75 Å². The molecule has 0 spiro atoms. The summed E-state index contributed by atoms with van der Waals surface area (Å²) in [4.78, 5) is 13.8. The van der Waals surface area contributed by atoms with Crippen molar-refractivity contribution in [3.05, 3.63) is 29.8 Å². The Labute approximate surface area is 107 Å². The number of amides is 1. The molecule has 0 radical (unpaired) electrons. The zero-order valence-electron chi connectivity index (χ0n) is 10.7. The third kappa shape index (κ3) is 2.64. The summed E-state index contributed by atoms with van der Waals surface area (Å²) >= 11 is 0. The van der Waals surface area contributed by atoms with E-state index in [1.165, 1.54) is 0 Å². The Morgan fingerprint density at radius 1 is 1.44 bits per heavy atom. The minimum atomic E-state index is -0.191. The van der Waals surface area contributed by atoms with E-state index in [0.717, 1.165) is 12.8 Å². The molecule has 4 heteroatoms. The minimum absolute atomic E-state index is 0.0358. The largest absolute Gasteiger partial charge is 0.508 e. The Balaban J connectivity index is 1.90. The second-order valence-corrected chi connectivity index (χ2v) is 5.17. The number of aromatic hydroxyl groups is 1. The molecular weight excluding hydrogens is 228 g/mol. The molecule has 18 heavy (non-hydrogen) atoms. The third-order valence-electron chi connectivity index (χ3n) is 3.45. The fourth-order valence-corrected chi connectivity index (χ4v) is 2.48. The SMILES string of the molecule is CCCC1(N)CN(C(=O)Cc2ccccc2O)C1. The summed E-state index contributed by atoms with van der Waals surface area (Å²) in [5, 5.41) is 9.62. The Bertz CT molecular complexity index is 439. The molecule has 98 valence electrons. The maximum Gasteiger partial charge on any atom is 0.227 e. The van der Waals surface area contributed by atoms with Crippen LogP contribution in [0.2, 0.25) is 0 Å². The van der Waals surface area contributed by atoms with Gasteiger partial charge in [-0.1, -0.05) is 31.5 Å². The van der Waals surface area contributed by atoms with E-state index in [0.29, 0.717) is 18.7 Å². The lowest BCUT2D eigenvalue weighted by molar-refractivity contribution is -0.138. The summed E-state index contributed by atoms with van der Waals surface area (Å²) < 4.78 is 0. The molecule has 0 bridgehead atoms. The van der Waals surface area contributed by atoms with Crippen molar-refractivity contribution in [2.24, 2.45) is 5.73 Å². The van der Waals surface area contributed by atoms with Gasteiger partial charge < -0.3 is 15.7 Å². The van der Waals surface area contributed by atoms with Crippen molar-refractivity contribution in [2.45, 2.75) is 31.7 Å². The Morgan fingerprint density at radius 2 is 2.11 bits per heavy atom. The van der Waals surface area contributed by atoms with Crippen molar-refractivity contribution in [1.82, 2.24) is 4.90 Å². The van der Waals surface area contributed by atoms with Gasteiger partial charge in [-0.05, 0) is 12.5 Å². The number of likely N-dealkylation sites (tertiary alicyclic amines) is 1. The second-order valence-electron chi connectivity index (χ2n) is 5.17. The standard InChI is InChI=1S/C14H20N2O2/c1-2-7-14(15)9-16(10-14)13(18)8-11-5-3-4-6-12(11)17/h3-6,17H,2,7-10,15H2,1H3. The topological polar surface area (TPSA) is 66.6 Å². The van der Waals surface area contributed by atoms with Crippen LogP contribution in [0.1, 0.15) is 25.3 Å². The molecule has 0 aromatic heterocycles. The van der Waals surface area contributed by atoms with Crippen LogP contribution >= 0.6 is 0 Å². The van der Waals surface area contributed by atoms with Gasteiger partial charge in [0.05, 0.1) is 12.0 Å². The maximum absolute atomic E-state index is 12.0. The lowest BCUT2D eigenvalue weighted by Gasteiger charge is -2.48. The van der Waals surface area contributed by atoms with Gasteiger partial charge in [0.25, 0.3) is 0 Å². The molecular formula is C14H20N2O2. The van der Waals surface area contributed by atoms with Crippen molar-refractivity contribution >= 4 is 5.91 Å². The molecule has 4 nitrogen and oxygen atoms in total. The Kier molecular flexibility index (Phi) is 3.57. The Hall–Kier alpha value is -1.55. The highest BCUT2D eigenvalue weighted by molar-refractivity contribution is 5.80. The maximum atomic E-state index is 12.0. The van der Waals surface area contributed by atoms with Crippen molar-refractivity contribution in [3.63, 3.8) is 0 Å². The van der Waals surface area contributed by atoms with E-state index in [1.807, 2.05) is 6.07 Å². The normalized spacial score (nSPS) is 17.3. The first-order valence-electron chi connectivity index (χ1n) is 6.37. The number of hydrogen-bond donors (Lipinski definition) is 2. The molecule has 1 saturated heterocycles. The number of para-hydroxylation sites is 1. The zero-order chi connectivity index (χ0) is 13.2. The molecule has 1 aliphatic heterocycles. The van der Waals surface area contributed by atoms with E-state index >= 15 is 0 Å². The summed E-state index contributed by atoms with van der Waals surface area (Å²) in [6.45, 7) is 3.36. The van der Waals surface area contributed by atoms with Crippen LogP contribution in [-0.4, -0.2) is 34.5 Å². The van der Waals surface area contributed by atoms with E-state index in [-0.39, 0.29) is 23.6 Å². The monoisotopic (exact) mass is 248 g/mol. The van der Waals surface area contributed by atoms with Gasteiger partial charge in [0.2, 0.25) is 5.91 Å². The summed E-state index contributed by atoms with van der Waals surface area (Å²) in [6.07, 6.45) is 2.24. The van der Waals surface area contributed by atoms with Gasteiger partial charge in [-0.2, -0.15) is 0 Å². The molecule has 3 N–H and O–H groups in total. The fourth-order valence-electron chi connectivity index (χ4n) is 2.48. The number of benzene rings is 1. The molecule has 1 amide bonds. The van der Waals surface area contributed by atoms with E-state index < -0.39 is 0 Å². The molecule has 1 heterocycles. The molecule has 0 atom stereocenters. The smallest absolute Gasteiger partial charge is 0.227 e. The summed E-state index contributed by atoms with van der Waals surface area (Å²) in [7, 11) is 0. The van der Waals surface area contributed by atoms with Crippen molar-refractivity contribution in [3.8, 4) is 5.75 Å². The van der Waals surface area contributed by atoms with Gasteiger partial charge in [0.15, 0.2) is 0 Å². The van der Waals surface area contributed by atoms with Gasteiger partial charge in [-0.15, -0.1) is 0 Å². The van der Waals surface area contributed by atoms with Crippen LogP contribution in [-0.2, 0) is 11.2 Å². The quantitative estimate of drug-likeness (QED) is 0.843. The summed E-state index contributed by atoms with van der Waals surface area (Å²) in [5.74, 6) is 0.215. The van der Waals surface area contributed by atoms with Crippen LogP contribution in [0.25, 0.3) is 0 Å². The first-order chi connectivity index (χ1) is 8.54. The van der Waals surface area contributed by atoms with Crippen LogP contribution in [0.3, 0.4) is 0 Å². The molecule has 0 aliphatic carbocycles.